The lowest BCUT2D eigenvalue weighted by Gasteiger charge is -2.07. The minimum absolute atomic E-state index is 0.255. The van der Waals surface area contributed by atoms with Crippen molar-refractivity contribution in [3.63, 3.8) is 0 Å². The van der Waals surface area contributed by atoms with E-state index in [1.807, 2.05) is 12.1 Å². The van der Waals surface area contributed by atoms with Gasteiger partial charge in [0.05, 0.1) is 11.1 Å². The second-order valence-electron chi connectivity index (χ2n) is 4.67. The van der Waals surface area contributed by atoms with Gasteiger partial charge < -0.3 is 10.2 Å². The fourth-order valence-corrected chi connectivity index (χ4v) is 2.82. The Kier molecular flexibility index (Phi) is 4.33. The van der Waals surface area contributed by atoms with Gasteiger partial charge in [-0.3, -0.25) is 0 Å². The highest BCUT2D eigenvalue weighted by atomic mass is 32.2. The Morgan fingerprint density at radius 1 is 0.810 bits per heavy atom. The lowest BCUT2D eigenvalue weighted by Crippen LogP contribution is -2.00. The summed E-state index contributed by atoms with van der Waals surface area (Å²) in [6, 6.07) is 10.3. The summed E-state index contributed by atoms with van der Waals surface area (Å²) in [5.41, 5.74) is 1.90. The van der Waals surface area contributed by atoms with Crippen molar-refractivity contribution < 1.29 is 19.8 Å². The van der Waals surface area contributed by atoms with E-state index in [-0.39, 0.29) is 11.1 Å². The molecule has 0 aliphatic heterocycles. The van der Waals surface area contributed by atoms with E-state index in [0.29, 0.717) is 11.1 Å². The molecule has 0 saturated heterocycles. The van der Waals surface area contributed by atoms with Crippen LogP contribution in [0.25, 0.3) is 0 Å². The summed E-state index contributed by atoms with van der Waals surface area (Å²) in [6.45, 7) is 3.48. The maximum Gasteiger partial charge on any atom is 0.335 e. The van der Waals surface area contributed by atoms with Crippen LogP contribution in [0.3, 0.4) is 0 Å². The molecule has 2 aromatic carbocycles. The summed E-state index contributed by atoms with van der Waals surface area (Å²) >= 11 is 1.34. The Morgan fingerprint density at radius 2 is 1.19 bits per heavy atom. The number of benzene rings is 2. The molecule has 0 radical (unpaired) electrons. The normalized spacial score (nSPS) is 10.4. The second kappa shape index (κ2) is 6.01. The highest BCUT2D eigenvalue weighted by Crippen LogP contribution is 2.30. The van der Waals surface area contributed by atoms with Gasteiger partial charge in [-0.1, -0.05) is 23.9 Å². The molecule has 0 fully saturated rings. The Hall–Kier alpha value is -2.27. The molecule has 0 saturated carbocycles. The molecule has 2 aromatic rings. The predicted molar refractivity (Wildman–Crippen MR) is 80.4 cm³/mol. The molecule has 2 N–H and O–H groups in total. The van der Waals surface area contributed by atoms with Crippen molar-refractivity contribution in [2.45, 2.75) is 23.6 Å². The number of carboxylic acid groups (broad SMARTS) is 2. The maximum atomic E-state index is 11.1. The lowest BCUT2D eigenvalue weighted by atomic mass is 10.1. The fourth-order valence-electron chi connectivity index (χ4n) is 1.93. The summed E-state index contributed by atoms with van der Waals surface area (Å²) in [7, 11) is 0. The molecule has 21 heavy (non-hydrogen) atoms. The third kappa shape index (κ3) is 3.44. The van der Waals surface area contributed by atoms with Gasteiger partial charge in [0.25, 0.3) is 0 Å². The Morgan fingerprint density at radius 3 is 1.52 bits per heavy atom. The van der Waals surface area contributed by atoms with Crippen LogP contribution in [0.2, 0.25) is 0 Å². The third-order valence-corrected chi connectivity index (χ3v) is 4.09. The maximum absolute atomic E-state index is 11.1. The van der Waals surface area contributed by atoms with E-state index in [4.69, 9.17) is 10.2 Å². The molecule has 0 unspecified atom stereocenters. The summed E-state index contributed by atoms with van der Waals surface area (Å²) in [5.74, 6) is -1.94. The van der Waals surface area contributed by atoms with Crippen LogP contribution in [0.15, 0.2) is 46.2 Å². The van der Waals surface area contributed by atoms with Crippen LogP contribution in [-0.4, -0.2) is 22.2 Å². The number of carbonyl (C=O) groups is 2. The van der Waals surface area contributed by atoms with Crippen LogP contribution < -0.4 is 0 Å². The van der Waals surface area contributed by atoms with Crippen LogP contribution in [0.4, 0.5) is 0 Å². The van der Waals surface area contributed by atoms with E-state index in [9.17, 15) is 9.59 Å². The molecule has 0 amide bonds. The van der Waals surface area contributed by atoms with Gasteiger partial charge in [0.2, 0.25) is 0 Å². The number of aryl methyl sites for hydroxylation is 2. The van der Waals surface area contributed by atoms with Crippen molar-refractivity contribution in [2.75, 3.05) is 0 Å². The summed E-state index contributed by atoms with van der Waals surface area (Å²) < 4.78 is 0. The first-order chi connectivity index (χ1) is 9.88. The van der Waals surface area contributed by atoms with Crippen LogP contribution in [0.5, 0.6) is 0 Å². The van der Waals surface area contributed by atoms with Gasteiger partial charge in [0, 0.05) is 9.79 Å². The van der Waals surface area contributed by atoms with Crippen LogP contribution in [-0.2, 0) is 0 Å². The van der Waals surface area contributed by atoms with Crippen LogP contribution in [0, 0.1) is 13.8 Å². The van der Waals surface area contributed by atoms with E-state index in [1.54, 1.807) is 38.1 Å². The van der Waals surface area contributed by atoms with Gasteiger partial charge in [-0.25, -0.2) is 9.59 Å². The topological polar surface area (TPSA) is 74.6 Å². The van der Waals surface area contributed by atoms with Gasteiger partial charge in [-0.2, -0.15) is 0 Å². The summed E-state index contributed by atoms with van der Waals surface area (Å²) in [4.78, 5) is 23.8. The molecule has 0 bridgehead atoms. The zero-order valence-electron chi connectivity index (χ0n) is 11.6. The molecule has 0 atom stereocenters. The van der Waals surface area contributed by atoms with Crippen molar-refractivity contribution in [1.82, 2.24) is 0 Å². The molecule has 4 nitrogen and oxygen atoms in total. The minimum atomic E-state index is -0.968. The minimum Gasteiger partial charge on any atom is -0.478 e. The summed E-state index contributed by atoms with van der Waals surface area (Å²) in [6.07, 6.45) is 0. The molecule has 0 aliphatic rings. The average Bonchev–Trinajstić information content (AvgIpc) is 2.42. The van der Waals surface area contributed by atoms with Crippen molar-refractivity contribution in [3.8, 4) is 0 Å². The first-order valence-corrected chi connectivity index (χ1v) is 7.06. The quantitative estimate of drug-likeness (QED) is 0.897. The van der Waals surface area contributed by atoms with Crippen LogP contribution >= 0.6 is 11.8 Å². The largest absolute Gasteiger partial charge is 0.478 e. The molecule has 0 aromatic heterocycles. The van der Waals surface area contributed by atoms with E-state index >= 15 is 0 Å². The first kappa shape index (κ1) is 15.1. The standard InChI is InChI=1S/C16H14O4S/c1-9-3-5-11(7-13(9)15(17)18)21-12-6-4-10(2)14(8-12)16(19)20/h3-8H,1-2H3,(H,17,18)(H,19,20). The van der Waals surface area contributed by atoms with Crippen molar-refractivity contribution in [3.05, 3.63) is 58.7 Å². The van der Waals surface area contributed by atoms with E-state index in [1.165, 1.54) is 11.8 Å². The van der Waals surface area contributed by atoms with Gasteiger partial charge in [-0.15, -0.1) is 0 Å². The predicted octanol–water partition coefficient (Wildman–Crippen LogP) is 3.85. The number of hydrogen-bond acceptors (Lipinski definition) is 3. The zero-order chi connectivity index (χ0) is 15.6. The zero-order valence-corrected chi connectivity index (χ0v) is 12.4. The number of carboxylic acids is 2. The number of hydrogen-bond donors (Lipinski definition) is 2. The van der Waals surface area contributed by atoms with Crippen molar-refractivity contribution in [1.29, 1.82) is 0 Å². The number of aromatic carboxylic acids is 2. The van der Waals surface area contributed by atoms with E-state index < -0.39 is 11.9 Å². The SMILES string of the molecule is Cc1ccc(Sc2ccc(C)c(C(=O)O)c2)cc1C(=O)O. The Labute approximate surface area is 126 Å². The Bertz CT molecular complexity index is 661. The van der Waals surface area contributed by atoms with E-state index in [2.05, 4.69) is 0 Å². The monoisotopic (exact) mass is 302 g/mol. The molecule has 0 heterocycles. The van der Waals surface area contributed by atoms with Crippen molar-refractivity contribution in [2.24, 2.45) is 0 Å². The van der Waals surface area contributed by atoms with Gasteiger partial charge in [-0.05, 0) is 49.2 Å². The molecule has 108 valence electrons. The lowest BCUT2D eigenvalue weighted by molar-refractivity contribution is 0.0685. The Balaban J connectivity index is 2.34. The van der Waals surface area contributed by atoms with Crippen LogP contribution in [0.1, 0.15) is 31.8 Å². The highest BCUT2D eigenvalue weighted by molar-refractivity contribution is 7.99. The molecule has 2 rings (SSSR count). The molecular formula is C16H14O4S. The fraction of sp³-hybridized carbons (Fsp3) is 0.125. The molecular weight excluding hydrogens is 288 g/mol. The van der Waals surface area contributed by atoms with Gasteiger partial charge >= 0.3 is 11.9 Å². The number of rotatable bonds is 4. The summed E-state index contributed by atoms with van der Waals surface area (Å²) in [5, 5.41) is 18.2. The van der Waals surface area contributed by atoms with Gasteiger partial charge in [0.1, 0.15) is 0 Å². The molecule has 5 heteroatoms. The average molecular weight is 302 g/mol. The highest BCUT2D eigenvalue weighted by Gasteiger charge is 2.11. The molecule has 0 aliphatic carbocycles. The van der Waals surface area contributed by atoms with E-state index in [0.717, 1.165) is 9.79 Å². The smallest absolute Gasteiger partial charge is 0.335 e. The molecule has 0 spiro atoms. The van der Waals surface area contributed by atoms with Crippen molar-refractivity contribution >= 4 is 23.7 Å². The van der Waals surface area contributed by atoms with Gasteiger partial charge in [0.15, 0.2) is 0 Å². The second-order valence-corrected chi connectivity index (χ2v) is 5.81. The first-order valence-electron chi connectivity index (χ1n) is 6.24. The third-order valence-electron chi connectivity index (χ3n) is 3.11.